The highest BCUT2D eigenvalue weighted by atomic mass is 16.5. The highest BCUT2D eigenvalue weighted by Crippen LogP contribution is 2.26. The van der Waals surface area contributed by atoms with Gasteiger partial charge in [-0.1, -0.05) is 30.3 Å². The van der Waals surface area contributed by atoms with Crippen molar-refractivity contribution in [2.75, 3.05) is 0 Å². The van der Waals surface area contributed by atoms with Crippen LogP contribution in [0.25, 0.3) is 0 Å². The summed E-state index contributed by atoms with van der Waals surface area (Å²) in [5.74, 6) is 2.33. The van der Waals surface area contributed by atoms with E-state index in [-0.39, 0.29) is 18.0 Å². The maximum atomic E-state index is 11.5. The zero-order chi connectivity index (χ0) is 12.1. The van der Waals surface area contributed by atoms with Crippen LogP contribution in [0.5, 0.6) is 0 Å². The molecule has 0 unspecified atom stereocenters. The van der Waals surface area contributed by atoms with Gasteiger partial charge in [-0.3, -0.25) is 4.79 Å². The average Bonchev–Trinajstić information content (AvgIpc) is 2.70. The maximum Gasteiger partial charge on any atom is 0.310 e. The van der Waals surface area contributed by atoms with E-state index in [1.807, 2.05) is 18.2 Å². The van der Waals surface area contributed by atoms with E-state index in [2.05, 4.69) is 18.1 Å². The van der Waals surface area contributed by atoms with Gasteiger partial charge in [0.2, 0.25) is 0 Å². The van der Waals surface area contributed by atoms with Gasteiger partial charge in [-0.25, -0.2) is 0 Å². The number of ether oxygens (including phenoxy) is 1. The molecule has 2 atom stereocenters. The summed E-state index contributed by atoms with van der Waals surface area (Å²) in [5.41, 5.74) is 1.28. The quantitative estimate of drug-likeness (QED) is 0.585. The van der Waals surface area contributed by atoms with Crippen molar-refractivity contribution < 1.29 is 9.53 Å². The fourth-order valence-electron chi connectivity index (χ4n) is 2.18. The van der Waals surface area contributed by atoms with Crippen LogP contribution < -0.4 is 0 Å². The lowest BCUT2D eigenvalue weighted by molar-refractivity contribution is -0.144. The number of carbonyl (C=O) groups excluding carboxylic acids is 1. The number of benzene rings is 1. The number of terminal acetylenes is 1. The number of cyclic esters (lactones) is 1. The monoisotopic (exact) mass is 228 g/mol. The maximum absolute atomic E-state index is 11.5. The number of hydrogen-bond acceptors (Lipinski definition) is 2. The normalized spacial score (nSPS) is 23.1. The van der Waals surface area contributed by atoms with Gasteiger partial charge in [0.15, 0.2) is 0 Å². The smallest absolute Gasteiger partial charge is 0.310 e. The average molecular weight is 228 g/mol. The van der Waals surface area contributed by atoms with Crippen LogP contribution in [0, 0.1) is 18.3 Å². The van der Waals surface area contributed by atoms with Gasteiger partial charge >= 0.3 is 5.97 Å². The van der Waals surface area contributed by atoms with Gasteiger partial charge in [0, 0.05) is 6.42 Å². The Bertz CT molecular complexity index is 416. The van der Waals surface area contributed by atoms with Crippen LogP contribution in [-0.4, -0.2) is 12.1 Å². The number of rotatable bonds is 4. The molecule has 1 aromatic carbocycles. The molecule has 1 aliphatic rings. The number of carbonyl (C=O) groups is 1. The van der Waals surface area contributed by atoms with Crippen LogP contribution in [0.4, 0.5) is 0 Å². The second-order valence-corrected chi connectivity index (χ2v) is 4.42. The zero-order valence-corrected chi connectivity index (χ0v) is 9.76. The molecule has 0 bridgehead atoms. The topological polar surface area (TPSA) is 26.3 Å². The SMILES string of the molecule is C#CC[C@@H]1C[C@H](CCc2ccccc2)OC1=O. The van der Waals surface area contributed by atoms with Crippen molar-refractivity contribution in [3.63, 3.8) is 0 Å². The minimum absolute atomic E-state index is 0.0426. The molecule has 0 N–H and O–H groups in total. The van der Waals surface area contributed by atoms with Crippen molar-refractivity contribution >= 4 is 5.97 Å². The van der Waals surface area contributed by atoms with Crippen LogP contribution in [0.3, 0.4) is 0 Å². The third-order valence-corrected chi connectivity index (χ3v) is 3.13. The zero-order valence-electron chi connectivity index (χ0n) is 9.76. The van der Waals surface area contributed by atoms with E-state index in [0.29, 0.717) is 6.42 Å². The van der Waals surface area contributed by atoms with Crippen molar-refractivity contribution in [3.05, 3.63) is 35.9 Å². The molecule has 2 heteroatoms. The van der Waals surface area contributed by atoms with Gasteiger partial charge in [-0.2, -0.15) is 0 Å². The summed E-state index contributed by atoms with van der Waals surface area (Å²) in [7, 11) is 0. The van der Waals surface area contributed by atoms with Crippen molar-refractivity contribution in [2.45, 2.75) is 31.8 Å². The van der Waals surface area contributed by atoms with Crippen LogP contribution >= 0.6 is 0 Å². The molecule has 0 saturated carbocycles. The summed E-state index contributed by atoms with van der Waals surface area (Å²) in [6.07, 6.45) is 8.37. The lowest BCUT2D eigenvalue weighted by Gasteiger charge is -2.08. The summed E-state index contributed by atoms with van der Waals surface area (Å²) in [6, 6.07) is 10.2. The highest BCUT2D eigenvalue weighted by molar-refractivity contribution is 5.74. The molecule has 17 heavy (non-hydrogen) atoms. The molecule has 1 fully saturated rings. The van der Waals surface area contributed by atoms with Crippen LogP contribution in [-0.2, 0) is 16.0 Å². The Kier molecular flexibility index (Phi) is 3.82. The molecular weight excluding hydrogens is 212 g/mol. The molecule has 0 amide bonds. The van der Waals surface area contributed by atoms with E-state index in [1.165, 1.54) is 5.56 Å². The molecule has 0 spiro atoms. The Morgan fingerprint density at radius 1 is 1.35 bits per heavy atom. The second kappa shape index (κ2) is 5.54. The van der Waals surface area contributed by atoms with Gasteiger partial charge in [-0.15, -0.1) is 12.3 Å². The Hall–Kier alpha value is -1.75. The van der Waals surface area contributed by atoms with E-state index in [0.717, 1.165) is 19.3 Å². The largest absolute Gasteiger partial charge is 0.462 e. The van der Waals surface area contributed by atoms with Crippen molar-refractivity contribution in [1.82, 2.24) is 0 Å². The minimum atomic E-state index is -0.124. The summed E-state index contributed by atoms with van der Waals surface area (Å²) in [6.45, 7) is 0. The first-order chi connectivity index (χ1) is 8.29. The Labute approximate surface area is 102 Å². The number of esters is 1. The van der Waals surface area contributed by atoms with Gasteiger partial charge in [0.25, 0.3) is 0 Å². The molecule has 88 valence electrons. The summed E-state index contributed by atoms with van der Waals surface area (Å²) in [5, 5.41) is 0. The predicted molar refractivity (Wildman–Crippen MR) is 66.2 cm³/mol. The standard InChI is InChI=1S/C15H16O2/c1-2-6-13-11-14(17-15(13)16)10-9-12-7-4-3-5-8-12/h1,3-5,7-8,13-14H,6,9-11H2/t13-,14+/m1/s1. The van der Waals surface area contributed by atoms with Gasteiger partial charge < -0.3 is 4.74 Å². The van der Waals surface area contributed by atoms with Crippen LogP contribution in [0.2, 0.25) is 0 Å². The molecular formula is C15H16O2. The van der Waals surface area contributed by atoms with Crippen molar-refractivity contribution in [1.29, 1.82) is 0 Å². The third kappa shape index (κ3) is 3.10. The third-order valence-electron chi connectivity index (χ3n) is 3.13. The first kappa shape index (κ1) is 11.7. The van der Waals surface area contributed by atoms with E-state index in [1.54, 1.807) is 0 Å². The lowest BCUT2D eigenvalue weighted by Crippen LogP contribution is -2.08. The number of hydrogen-bond donors (Lipinski definition) is 0. The van der Waals surface area contributed by atoms with Gasteiger partial charge in [-0.05, 0) is 24.8 Å². The van der Waals surface area contributed by atoms with Gasteiger partial charge in [0.1, 0.15) is 6.10 Å². The molecule has 0 radical (unpaired) electrons. The van der Waals surface area contributed by atoms with Crippen molar-refractivity contribution in [3.8, 4) is 12.3 Å². The molecule has 0 aliphatic carbocycles. The molecule has 1 saturated heterocycles. The van der Waals surface area contributed by atoms with E-state index < -0.39 is 0 Å². The van der Waals surface area contributed by atoms with Crippen LogP contribution in [0.15, 0.2) is 30.3 Å². The minimum Gasteiger partial charge on any atom is -0.462 e. The molecule has 1 aromatic rings. The summed E-state index contributed by atoms with van der Waals surface area (Å²) >= 11 is 0. The first-order valence-electron chi connectivity index (χ1n) is 5.97. The molecule has 1 heterocycles. The molecule has 1 aliphatic heterocycles. The second-order valence-electron chi connectivity index (χ2n) is 4.42. The van der Waals surface area contributed by atoms with Gasteiger partial charge in [0.05, 0.1) is 5.92 Å². The molecule has 0 aromatic heterocycles. The van der Waals surface area contributed by atoms with E-state index >= 15 is 0 Å². The van der Waals surface area contributed by atoms with E-state index in [9.17, 15) is 4.79 Å². The van der Waals surface area contributed by atoms with Crippen LogP contribution in [0.1, 0.15) is 24.8 Å². The first-order valence-corrected chi connectivity index (χ1v) is 5.97. The Morgan fingerprint density at radius 3 is 2.82 bits per heavy atom. The fraction of sp³-hybridized carbons (Fsp3) is 0.400. The van der Waals surface area contributed by atoms with Crippen molar-refractivity contribution in [2.24, 2.45) is 5.92 Å². The van der Waals surface area contributed by atoms with E-state index in [4.69, 9.17) is 11.2 Å². The number of aryl methyl sites for hydroxylation is 1. The Balaban J connectivity index is 1.82. The molecule has 2 rings (SSSR count). The fourth-order valence-corrected chi connectivity index (χ4v) is 2.18. The summed E-state index contributed by atoms with van der Waals surface area (Å²) < 4.78 is 5.31. The Morgan fingerprint density at radius 2 is 2.12 bits per heavy atom. The molecule has 2 nitrogen and oxygen atoms in total. The lowest BCUT2D eigenvalue weighted by atomic mass is 9.98. The predicted octanol–water partition coefficient (Wildman–Crippen LogP) is 2.57. The highest BCUT2D eigenvalue weighted by Gasteiger charge is 2.33. The summed E-state index contributed by atoms with van der Waals surface area (Å²) in [4.78, 5) is 11.5.